The first-order chi connectivity index (χ1) is 13.1. The lowest BCUT2D eigenvalue weighted by Gasteiger charge is -2.09. The summed E-state index contributed by atoms with van der Waals surface area (Å²) in [6, 6.07) is 22.3. The van der Waals surface area contributed by atoms with E-state index in [9.17, 15) is 14.0 Å². The highest BCUT2D eigenvalue weighted by atomic mass is 19.1. The zero-order valence-electron chi connectivity index (χ0n) is 14.6. The van der Waals surface area contributed by atoms with Crippen LogP contribution in [0.25, 0.3) is 0 Å². The Hall–Kier alpha value is -3.47. The molecular weight excluding hydrogens is 343 g/mol. The second-order valence-corrected chi connectivity index (χ2v) is 6.05. The summed E-state index contributed by atoms with van der Waals surface area (Å²) in [4.78, 5) is 24.3. The third-order valence-corrected chi connectivity index (χ3v) is 4.01. The first-order valence-corrected chi connectivity index (χ1v) is 8.61. The van der Waals surface area contributed by atoms with E-state index in [1.807, 2.05) is 30.3 Å². The van der Waals surface area contributed by atoms with Crippen LogP contribution in [-0.4, -0.2) is 11.8 Å². The lowest BCUT2D eigenvalue weighted by Crippen LogP contribution is -2.15. The molecule has 0 atom stereocenters. The van der Waals surface area contributed by atoms with Gasteiger partial charge in [0.25, 0.3) is 5.91 Å². The molecule has 3 aromatic rings. The van der Waals surface area contributed by atoms with Gasteiger partial charge >= 0.3 is 0 Å². The van der Waals surface area contributed by atoms with E-state index in [4.69, 9.17) is 0 Å². The van der Waals surface area contributed by atoms with Crippen LogP contribution in [-0.2, 0) is 11.2 Å². The zero-order valence-corrected chi connectivity index (χ0v) is 14.6. The summed E-state index contributed by atoms with van der Waals surface area (Å²) in [7, 11) is 0. The number of benzene rings is 3. The molecule has 2 N–H and O–H groups in total. The largest absolute Gasteiger partial charge is 0.326 e. The molecule has 5 heteroatoms. The number of carbonyl (C=O) groups excluding carboxylic acids is 2. The van der Waals surface area contributed by atoms with Crippen LogP contribution < -0.4 is 10.6 Å². The van der Waals surface area contributed by atoms with E-state index in [1.54, 1.807) is 30.3 Å². The van der Waals surface area contributed by atoms with E-state index >= 15 is 0 Å². The Morgan fingerprint density at radius 3 is 2.19 bits per heavy atom. The number of amides is 2. The van der Waals surface area contributed by atoms with Gasteiger partial charge in [-0.15, -0.1) is 0 Å². The molecule has 0 radical (unpaired) electrons. The Labute approximate surface area is 157 Å². The van der Waals surface area contributed by atoms with Crippen molar-refractivity contribution in [2.24, 2.45) is 0 Å². The number of anilines is 2. The molecule has 2 amide bonds. The number of nitrogens with one attached hydrogen (secondary N) is 2. The molecule has 0 aromatic heterocycles. The minimum Gasteiger partial charge on any atom is -0.326 e. The predicted octanol–water partition coefficient (Wildman–Crippen LogP) is 4.65. The average molecular weight is 362 g/mol. The van der Waals surface area contributed by atoms with Gasteiger partial charge in [-0.2, -0.15) is 0 Å². The number of rotatable bonds is 6. The van der Waals surface area contributed by atoms with Crippen molar-refractivity contribution in [2.75, 3.05) is 10.6 Å². The van der Waals surface area contributed by atoms with Crippen LogP contribution in [0.5, 0.6) is 0 Å². The van der Waals surface area contributed by atoms with Gasteiger partial charge in [-0.05, 0) is 42.3 Å². The van der Waals surface area contributed by atoms with Crippen molar-refractivity contribution in [2.45, 2.75) is 12.8 Å². The number of carbonyl (C=O) groups is 2. The van der Waals surface area contributed by atoms with Gasteiger partial charge < -0.3 is 10.6 Å². The molecule has 0 spiro atoms. The van der Waals surface area contributed by atoms with Gasteiger partial charge in [0.05, 0.1) is 5.56 Å². The average Bonchev–Trinajstić information content (AvgIpc) is 2.68. The molecule has 27 heavy (non-hydrogen) atoms. The summed E-state index contributed by atoms with van der Waals surface area (Å²) < 4.78 is 13.7. The second-order valence-electron chi connectivity index (χ2n) is 6.05. The van der Waals surface area contributed by atoms with Crippen molar-refractivity contribution < 1.29 is 14.0 Å². The van der Waals surface area contributed by atoms with Gasteiger partial charge in [-0.25, -0.2) is 4.39 Å². The molecule has 0 aliphatic rings. The first kappa shape index (κ1) is 18.3. The Kier molecular flexibility index (Phi) is 5.94. The highest BCUT2D eigenvalue weighted by Gasteiger charge is 2.11. The molecular formula is C22H19FN2O2. The Morgan fingerprint density at radius 1 is 0.778 bits per heavy atom. The van der Waals surface area contributed by atoms with Crippen LogP contribution in [0.1, 0.15) is 22.3 Å². The third-order valence-electron chi connectivity index (χ3n) is 4.01. The smallest absolute Gasteiger partial charge is 0.258 e. The minimum atomic E-state index is -0.583. The molecule has 0 fully saturated rings. The number of halogens is 1. The summed E-state index contributed by atoms with van der Waals surface area (Å²) in [5.41, 5.74) is 2.11. The van der Waals surface area contributed by atoms with Crippen molar-refractivity contribution in [3.63, 3.8) is 0 Å². The van der Waals surface area contributed by atoms with Crippen LogP contribution >= 0.6 is 0 Å². The zero-order chi connectivity index (χ0) is 19.1. The van der Waals surface area contributed by atoms with Crippen molar-refractivity contribution in [3.8, 4) is 0 Å². The van der Waals surface area contributed by atoms with E-state index in [2.05, 4.69) is 10.6 Å². The fourth-order valence-electron chi connectivity index (χ4n) is 2.64. The van der Waals surface area contributed by atoms with Crippen LogP contribution in [0.15, 0.2) is 78.9 Å². The van der Waals surface area contributed by atoms with Crippen LogP contribution in [0.4, 0.5) is 15.8 Å². The predicted molar refractivity (Wildman–Crippen MR) is 104 cm³/mol. The molecule has 0 aliphatic carbocycles. The monoisotopic (exact) mass is 362 g/mol. The first-order valence-electron chi connectivity index (χ1n) is 8.61. The Morgan fingerprint density at radius 2 is 1.44 bits per heavy atom. The van der Waals surface area contributed by atoms with Gasteiger partial charge in [0, 0.05) is 17.8 Å². The maximum absolute atomic E-state index is 13.7. The third kappa shape index (κ3) is 5.25. The highest BCUT2D eigenvalue weighted by molar-refractivity contribution is 6.04. The van der Waals surface area contributed by atoms with Gasteiger partial charge in [-0.1, -0.05) is 48.5 Å². The number of hydrogen-bond acceptors (Lipinski definition) is 2. The molecule has 3 aromatic carbocycles. The second kappa shape index (κ2) is 8.76. The Bertz CT molecular complexity index is 942. The molecule has 0 saturated carbocycles. The van der Waals surface area contributed by atoms with Crippen molar-refractivity contribution in [1.29, 1.82) is 0 Å². The van der Waals surface area contributed by atoms with Crippen molar-refractivity contribution in [3.05, 3.63) is 95.8 Å². The van der Waals surface area contributed by atoms with Crippen LogP contribution in [0, 0.1) is 5.82 Å². The van der Waals surface area contributed by atoms with E-state index in [0.29, 0.717) is 24.2 Å². The normalized spacial score (nSPS) is 10.3. The van der Waals surface area contributed by atoms with E-state index < -0.39 is 11.7 Å². The highest BCUT2D eigenvalue weighted by Crippen LogP contribution is 2.17. The summed E-state index contributed by atoms with van der Waals surface area (Å²) in [6.45, 7) is 0. The number of hydrogen-bond donors (Lipinski definition) is 2. The summed E-state index contributed by atoms with van der Waals surface area (Å²) >= 11 is 0. The summed E-state index contributed by atoms with van der Waals surface area (Å²) in [5.74, 6) is -1.24. The summed E-state index contributed by atoms with van der Waals surface area (Å²) in [5, 5.41) is 5.45. The molecule has 0 saturated heterocycles. The molecule has 0 heterocycles. The van der Waals surface area contributed by atoms with E-state index in [1.165, 1.54) is 18.2 Å². The van der Waals surface area contributed by atoms with Crippen LogP contribution in [0.2, 0.25) is 0 Å². The van der Waals surface area contributed by atoms with Gasteiger partial charge in [-0.3, -0.25) is 9.59 Å². The van der Waals surface area contributed by atoms with Gasteiger partial charge in [0.15, 0.2) is 0 Å². The van der Waals surface area contributed by atoms with E-state index in [0.717, 1.165) is 5.56 Å². The molecule has 4 nitrogen and oxygen atoms in total. The summed E-state index contributed by atoms with van der Waals surface area (Å²) in [6.07, 6.45) is 1.01. The van der Waals surface area contributed by atoms with E-state index in [-0.39, 0.29) is 11.5 Å². The number of aryl methyl sites for hydroxylation is 1. The topological polar surface area (TPSA) is 58.2 Å². The maximum Gasteiger partial charge on any atom is 0.258 e. The Balaban J connectivity index is 1.59. The molecule has 0 bridgehead atoms. The van der Waals surface area contributed by atoms with Crippen molar-refractivity contribution >= 4 is 23.2 Å². The lowest BCUT2D eigenvalue weighted by molar-refractivity contribution is -0.116. The molecule has 0 aliphatic heterocycles. The quantitative estimate of drug-likeness (QED) is 0.671. The lowest BCUT2D eigenvalue weighted by atomic mass is 10.1. The van der Waals surface area contributed by atoms with Gasteiger partial charge in [0.2, 0.25) is 5.91 Å². The fourth-order valence-corrected chi connectivity index (χ4v) is 2.64. The fraction of sp³-hybridized carbons (Fsp3) is 0.0909. The SMILES string of the molecule is O=C(CCc1ccccc1)Nc1cccc(NC(=O)c2ccccc2F)c1. The maximum atomic E-state index is 13.7. The minimum absolute atomic E-state index is 0.0326. The van der Waals surface area contributed by atoms with Crippen LogP contribution in [0.3, 0.4) is 0 Å². The standard InChI is InChI=1S/C22H19FN2O2/c23-20-12-5-4-11-19(20)22(27)25-18-10-6-9-17(15-18)24-21(26)14-13-16-7-2-1-3-8-16/h1-12,15H,13-14H2,(H,24,26)(H,25,27). The van der Waals surface area contributed by atoms with Gasteiger partial charge in [0.1, 0.15) is 5.82 Å². The molecule has 0 unspecified atom stereocenters. The van der Waals surface area contributed by atoms with Crippen molar-refractivity contribution in [1.82, 2.24) is 0 Å². The molecule has 3 rings (SSSR count). The molecule has 136 valence electrons.